The zero-order valence-corrected chi connectivity index (χ0v) is 14.1. The molecule has 0 aliphatic carbocycles. The van der Waals surface area contributed by atoms with E-state index < -0.39 is 4.92 Å². The molecule has 1 aromatic carbocycles. The van der Waals surface area contributed by atoms with Crippen molar-refractivity contribution in [3.8, 4) is 0 Å². The maximum absolute atomic E-state index is 12.5. The van der Waals surface area contributed by atoms with Gasteiger partial charge in [0.15, 0.2) is 6.04 Å². The van der Waals surface area contributed by atoms with Crippen LogP contribution in [0.25, 0.3) is 0 Å². The lowest BCUT2D eigenvalue weighted by molar-refractivity contribution is -0.914. The van der Waals surface area contributed by atoms with E-state index in [-0.39, 0.29) is 17.6 Å². The standard InChI is InChI=1S/C16H22ClN3O3/c1-12(19-9-5-3-2-4-6-10-19)16(21)18-15-11-13(20(22)23)7-8-14(15)17/h7-8,11-12H,2-6,9-10H2,1H3,(H,18,21)/p+1/t12-/m0/s1. The molecular weight excluding hydrogens is 318 g/mol. The Morgan fingerprint density at radius 1 is 1.26 bits per heavy atom. The number of quaternary nitrogens is 1. The van der Waals surface area contributed by atoms with Gasteiger partial charge in [-0.2, -0.15) is 0 Å². The maximum Gasteiger partial charge on any atom is 0.282 e. The Kier molecular flexibility index (Phi) is 6.36. The molecule has 1 aliphatic heterocycles. The van der Waals surface area contributed by atoms with Gasteiger partial charge in [-0.25, -0.2) is 0 Å². The summed E-state index contributed by atoms with van der Waals surface area (Å²) in [5.74, 6) is -0.150. The molecule has 6 nitrogen and oxygen atoms in total. The van der Waals surface area contributed by atoms with Crippen molar-refractivity contribution in [1.82, 2.24) is 0 Å². The van der Waals surface area contributed by atoms with Gasteiger partial charge in [-0.1, -0.05) is 18.0 Å². The Morgan fingerprint density at radius 3 is 2.48 bits per heavy atom. The van der Waals surface area contributed by atoms with E-state index in [1.165, 1.54) is 42.4 Å². The smallest absolute Gasteiger partial charge is 0.282 e. The fourth-order valence-corrected chi connectivity index (χ4v) is 3.11. The van der Waals surface area contributed by atoms with Crippen molar-refractivity contribution in [2.75, 3.05) is 18.4 Å². The molecular formula is C16H23ClN3O3+. The van der Waals surface area contributed by atoms with Crippen molar-refractivity contribution >= 4 is 28.9 Å². The first kappa shape index (κ1) is 17.7. The molecule has 0 aromatic heterocycles. The third kappa shape index (κ3) is 4.91. The molecule has 7 heteroatoms. The van der Waals surface area contributed by atoms with E-state index in [9.17, 15) is 14.9 Å². The second-order valence-electron chi connectivity index (χ2n) is 6.06. The van der Waals surface area contributed by atoms with E-state index in [0.717, 1.165) is 25.9 Å². The van der Waals surface area contributed by atoms with Crippen LogP contribution < -0.4 is 10.2 Å². The summed E-state index contributed by atoms with van der Waals surface area (Å²) < 4.78 is 0. The Morgan fingerprint density at radius 2 is 1.87 bits per heavy atom. The first-order valence-corrected chi connectivity index (χ1v) is 8.46. The SMILES string of the molecule is C[C@@H](C(=O)Nc1cc([N+](=O)[O-])ccc1Cl)[NH+]1CCCCCCC1. The Bertz CT molecular complexity index is 572. The van der Waals surface area contributed by atoms with E-state index in [2.05, 4.69) is 5.32 Å². The number of benzene rings is 1. The molecule has 0 unspecified atom stereocenters. The summed E-state index contributed by atoms with van der Waals surface area (Å²) in [4.78, 5) is 24.1. The van der Waals surface area contributed by atoms with Gasteiger partial charge in [0.1, 0.15) is 0 Å². The summed E-state index contributed by atoms with van der Waals surface area (Å²) in [6.45, 7) is 3.87. The molecule has 1 atom stereocenters. The highest BCUT2D eigenvalue weighted by molar-refractivity contribution is 6.33. The molecule has 0 radical (unpaired) electrons. The molecule has 0 spiro atoms. The summed E-state index contributed by atoms with van der Waals surface area (Å²) in [6.07, 6.45) is 5.97. The number of halogens is 1. The van der Waals surface area contributed by atoms with Crippen molar-refractivity contribution in [2.24, 2.45) is 0 Å². The van der Waals surface area contributed by atoms with Crippen LogP contribution in [0.5, 0.6) is 0 Å². The van der Waals surface area contributed by atoms with Gasteiger partial charge in [0.25, 0.3) is 11.6 Å². The first-order valence-electron chi connectivity index (χ1n) is 8.08. The predicted molar refractivity (Wildman–Crippen MR) is 90.0 cm³/mol. The highest BCUT2D eigenvalue weighted by Crippen LogP contribution is 2.26. The lowest BCUT2D eigenvalue weighted by Crippen LogP contribution is -3.16. The first-order chi connectivity index (χ1) is 11.0. The van der Waals surface area contributed by atoms with Gasteiger partial charge in [-0.15, -0.1) is 0 Å². The summed E-state index contributed by atoms with van der Waals surface area (Å²) >= 11 is 6.04. The molecule has 1 aliphatic rings. The van der Waals surface area contributed by atoms with Gasteiger partial charge < -0.3 is 10.2 Å². The quantitative estimate of drug-likeness (QED) is 0.652. The minimum atomic E-state index is -0.501. The van der Waals surface area contributed by atoms with Crippen LogP contribution in [0, 0.1) is 10.1 Å². The van der Waals surface area contributed by atoms with Crippen LogP contribution in [-0.2, 0) is 4.79 Å². The molecule has 1 heterocycles. The number of non-ortho nitro benzene ring substituents is 1. The topological polar surface area (TPSA) is 76.7 Å². The van der Waals surface area contributed by atoms with E-state index in [1.807, 2.05) is 6.92 Å². The molecule has 1 amide bonds. The van der Waals surface area contributed by atoms with E-state index in [0.29, 0.717) is 10.7 Å². The molecule has 1 aromatic rings. The van der Waals surface area contributed by atoms with Crippen molar-refractivity contribution in [3.05, 3.63) is 33.3 Å². The van der Waals surface area contributed by atoms with E-state index in [4.69, 9.17) is 11.6 Å². The summed E-state index contributed by atoms with van der Waals surface area (Å²) in [5.41, 5.74) is 0.208. The van der Waals surface area contributed by atoms with Gasteiger partial charge >= 0.3 is 0 Å². The molecule has 1 saturated heterocycles. The average Bonchev–Trinajstić information content (AvgIpc) is 2.48. The number of nitro benzene ring substituents is 1. The molecule has 1 fully saturated rings. The Labute approximate surface area is 141 Å². The molecule has 2 rings (SSSR count). The predicted octanol–water partition coefficient (Wildman–Crippen LogP) is 2.42. The molecule has 126 valence electrons. The highest BCUT2D eigenvalue weighted by atomic mass is 35.5. The van der Waals surface area contributed by atoms with Gasteiger partial charge in [-0.05, 0) is 38.7 Å². The second kappa shape index (κ2) is 8.26. The van der Waals surface area contributed by atoms with Crippen LogP contribution in [0.4, 0.5) is 11.4 Å². The van der Waals surface area contributed by atoms with Crippen LogP contribution in [0.3, 0.4) is 0 Å². The zero-order chi connectivity index (χ0) is 16.8. The zero-order valence-electron chi connectivity index (χ0n) is 13.3. The number of nitrogens with zero attached hydrogens (tertiary/aromatic N) is 1. The molecule has 0 saturated carbocycles. The number of hydrogen-bond donors (Lipinski definition) is 2. The second-order valence-corrected chi connectivity index (χ2v) is 6.47. The third-order valence-electron chi connectivity index (χ3n) is 4.42. The number of carbonyl (C=O) groups excluding carboxylic acids is 1. The van der Waals surface area contributed by atoms with Crippen molar-refractivity contribution in [3.63, 3.8) is 0 Å². The number of carbonyl (C=O) groups is 1. The number of hydrogen-bond acceptors (Lipinski definition) is 3. The van der Waals surface area contributed by atoms with Crippen molar-refractivity contribution in [1.29, 1.82) is 0 Å². The van der Waals surface area contributed by atoms with Crippen LogP contribution in [-0.4, -0.2) is 30.0 Å². The lowest BCUT2D eigenvalue weighted by Gasteiger charge is -2.27. The van der Waals surface area contributed by atoms with E-state index >= 15 is 0 Å². The third-order valence-corrected chi connectivity index (χ3v) is 4.75. The maximum atomic E-state index is 12.5. The summed E-state index contributed by atoms with van der Waals surface area (Å²) in [6, 6.07) is 3.85. The van der Waals surface area contributed by atoms with Crippen LogP contribution in [0.1, 0.15) is 39.0 Å². The fourth-order valence-electron chi connectivity index (χ4n) is 2.94. The highest BCUT2D eigenvalue weighted by Gasteiger charge is 2.26. The minimum Gasteiger partial charge on any atom is -0.325 e. The largest absolute Gasteiger partial charge is 0.325 e. The minimum absolute atomic E-state index is 0.0871. The monoisotopic (exact) mass is 340 g/mol. The van der Waals surface area contributed by atoms with Crippen LogP contribution in [0.15, 0.2) is 18.2 Å². The number of anilines is 1. The van der Waals surface area contributed by atoms with Gasteiger partial charge in [-0.3, -0.25) is 14.9 Å². The van der Waals surface area contributed by atoms with Gasteiger partial charge in [0.2, 0.25) is 0 Å². The number of nitrogens with one attached hydrogen (secondary N) is 2. The summed E-state index contributed by atoms with van der Waals surface area (Å²) in [5, 5.41) is 13.9. The Balaban J connectivity index is 2.05. The van der Waals surface area contributed by atoms with Crippen molar-refractivity contribution < 1.29 is 14.6 Å². The lowest BCUT2D eigenvalue weighted by atomic mass is 10.1. The molecule has 0 bridgehead atoms. The van der Waals surface area contributed by atoms with Crippen molar-refractivity contribution in [2.45, 2.75) is 45.1 Å². The molecule has 23 heavy (non-hydrogen) atoms. The number of nitro groups is 1. The molecule has 2 N–H and O–H groups in total. The fraction of sp³-hybridized carbons (Fsp3) is 0.562. The number of rotatable bonds is 4. The van der Waals surface area contributed by atoms with E-state index in [1.54, 1.807) is 0 Å². The Hall–Kier alpha value is -1.66. The van der Waals surface area contributed by atoms with Gasteiger partial charge in [0.05, 0.1) is 28.7 Å². The average molecular weight is 341 g/mol. The summed E-state index contributed by atoms with van der Waals surface area (Å²) in [7, 11) is 0. The van der Waals surface area contributed by atoms with Crippen LogP contribution in [0.2, 0.25) is 5.02 Å². The normalized spacial score (nSPS) is 17.8. The number of amides is 1. The number of likely N-dealkylation sites (tertiary alicyclic amines) is 1. The van der Waals surface area contributed by atoms with Gasteiger partial charge in [0, 0.05) is 12.1 Å². The van der Waals surface area contributed by atoms with Crippen LogP contribution >= 0.6 is 11.6 Å².